The lowest BCUT2D eigenvalue weighted by molar-refractivity contribution is -0.133. The number of pyridine rings is 1. The summed E-state index contributed by atoms with van der Waals surface area (Å²) in [4.78, 5) is 65.2. The Morgan fingerprint density at radius 1 is 0.776 bits per heavy atom. The Kier molecular flexibility index (Phi) is 11.8. The van der Waals surface area contributed by atoms with Crippen LogP contribution >= 0.6 is 0 Å². The van der Waals surface area contributed by atoms with E-state index in [1.54, 1.807) is 54.7 Å². The largest absolute Gasteiger partial charge is 0.374 e. The van der Waals surface area contributed by atoms with E-state index in [1.807, 2.05) is 0 Å². The number of imide groups is 1. The molecule has 4 aromatic rings. The van der Waals surface area contributed by atoms with E-state index in [1.165, 1.54) is 12.3 Å². The Hall–Kier alpha value is -5.70. The van der Waals surface area contributed by atoms with E-state index in [0.717, 1.165) is 77.5 Å². The normalized spacial score (nSPS) is 22.3. The van der Waals surface area contributed by atoms with Crippen molar-refractivity contribution in [3.05, 3.63) is 89.0 Å². The molecule has 4 fully saturated rings. The third-order valence-corrected chi connectivity index (χ3v) is 12.2. The highest BCUT2D eigenvalue weighted by Crippen LogP contribution is 2.31. The van der Waals surface area contributed by atoms with Crippen LogP contribution in [0.25, 0.3) is 22.4 Å². The van der Waals surface area contributed by atoms with Crippen LogP contribution in [0.2, 0.25) is 0 Å². The average Bonchev–Trinajstić information content (AvgIpc) is 3.24. The summed E-state index contributed by atoms with van der Waals surface area (Å²) in [6.07, 6.45) is 10.1. The summed E-state index contributed by atoms with van der Waals surface area (Å²) in [6.45, 7) is 3.20. The van der Waals surface area contributed by atoms with Gasteiger partial charge in [-0.05, 0) is 113 Å². The number of carbonyl (C=O) groups is 3. The average molecular weight is 794 g/mol. The third kappa shape index (κ3) is 9.04. The van der Waals surface area contributed by atoms with Crippen LogP contribution in [0.5, 0.6) is 0 Å². The molecule has 0 radical (unpaired) electrons. The molecule has 4 aliphatic rings. The van der Waals surface area contributed by atoms with Crippen molar-refractivity contribution in [2.45, 2.75) is 88.4 Å². The maximum Gasteiger partial charge on any atom is 0.255 e. The summed E-state index contributed by atoms with van der Waals surface area (Å²) in [7, 11) is 0. The molecule has 1 aliphatic carbocycles. The van der Waals surface area contributed by atoms with Gasteiger partial charge in [0, 0.05) is 66.6 Å². The van der Waals surface area contributed by atoms with Crippen LogP contribution in [0, 0.1) is 17.6 Å². The zero-order valence-electron chi connectivity index (χ0n) is 32.3. The van der Waals surface area contributed by atoms with Gasteiger partial charge < -0.3 is 30.7 Å². The fraction of sp³-hybridized carbons (Fsp3) is 0.442. The van der Waals surface area contributed by atoms with Crippen LogP contribution in [0.3, 0.4) is 0 Å². The molecule has 5 N–H and O–H groups in total. The number of anilines is 3. The van der Waals surface area contributed by atoms with Crippen LogP contribution in [-0.2, 0) is 14.4 Å². The lowest BCUT2D eigenvalue weighted by Gasteiger charge is -2.42. The number of likely N-dealkylation sites (tertiary alicyclic amines) is 1. The minimum absolute atomic E-state index is 0.0154. The monoisotopic (exact) mass is 793 g/mol. The van der Waals surface area contributed by atoms with Crippen LogP contribution < -0.4 is 31.7 Å². The molecule has 1 unspecified atom stereocenters. The van der Waals surface area contributed by atoms with Crippen LogP contribution in [0.15, 0.2) is 71.8 Å². The number of carbonyl (C=O) groups excluding carboxylic acids is 3. The molecule has 3 aliphatic heterocycles. The molecule has 2 aromatic heterocycles. The predicted octanol–water partition coefficient (Wildman–Crippen LogP) is 5.21. The number of nitrogens with one attached hydrogen (secondary N) is 5. The Labute approximate surface area is 335 Å². The number of halogens is 2. The second-order valence-corrected chi connectivity index (χ2v) is 15.9. The zero-order valence-corrected chi connectivity index (χ0v) is 32.3. The predicted molar refractivity (Wildman–Crippen MR) is 217 cm³/mol. The number of benzene rings is 2. The molecular formula is C43H49F2N9O4. The van der Waals surface area contributed by atoms with Crippen LogP contribution in [-0.4, -0.2) is 87.9 Å². The Bertz CT molecular complexity index is 2190. The summed E-state index contributed by atoms with van der Waals surface area (Å²) in [5, 5.41) is 12.1. The number of aromatic nitrogens is 3. The molecule has 0 spiro atoms. The zero-order chi connectivity index (χ0) is 40.2. The number of H-pyrrole nitrogens is 1. The van der Waals surface area contributed by atoms with Crippen molar-refractivity contribution in [2.75, 3.05) is 41.7 Å². The second kappa shape index (κ2) is 17.4. The van der Waals surface area contributed by atoms with Crippen molar-refractivity contribution in [3.8, 4) is 22.4 Å². The summed E-state index contributed by atoms with van der Waals surface area (Å²) in [5.74, 6) is -1.12. The number of piperidine rings is 3. The van der Waals surface area contributed by atoms with Gasteiger partial charge in [-0.25, -0.2) is 18.7 Å². The minimum Gasteiger partial charge on any atom is -0.374 e. The van der Waals surface area contributed by atoms with Crippen molar-refractivity contribution in [1.82, 2.24) is 30.5 Å². The Morgan fingerprint density at radius 2 is 1.53 bits per heavy atom. The summed E-state index contributed by atoms with van der Waals surface area (Å²) in [5.41, 5.74) is 2.69. The summed E-state index contributed by atoms with van der Waals surface area (Å²) in [6, 6.07) is 15.5. The third-order valence-electron chi connectivity index (χ3n) is 12.2. The van der Waals surface area contributed by atoms with Gasteiger partial charge in [0.2, 0.25) is 23.7 Å². The SMILES string of the molecule is O=C1CCC(Nc2ccc(N3CCC(N4CCC(C(=O)NC5CCC(Nc6ncc(F)c(-c7cccc(-c8ccc[nH]c8=O)c7)n6)CC5)CC4)CC3)c(F)c2)C(=O)N1. The standard InChI is InChI=1S/C43H49F2N9O4/c44-34-24-31(48-36-11-13-38(55)51-42(36)58)10-12-37(34)54-21-16-32(17-22-54)53-19-14-26(15-20-53)40(56)49-29-6-8-30(9-7-29)50-43-47-25-35(45)39(52-43)28-4-1-3-27(23-28)33-5-2-18-46-41(33)57/h1-5,10,12,18,23-26,29-30,32,36,48H,6-9,11,13-17,19-22H2,(H,46,57)(H,49,56)(H,47,50,52)(H,51,55,58). The highest BCUT2D eigenvalue weighted by atomic mass is 19.1. The smallest absolute Gasteiger partial charge is 0.255 e. The molecule has 5 heterocycles. The van der Waals surface area contributed by atoms with Gasteiger partial charge in [-0.3, -0.25) is 24.5 Å². The van der Waals surface area contributed by atoms with E-state index < -0.39 is 11.9 Å². The van der Waals surface area contributed by atoms with E-state index >= 15 is 4.39 Å². The number of amides is 3. The van der Waals surface area contributed by atoms with Crippen molar-refractivity contribution in [3.63, 3.8) is 0 Å². The fourth-order valence-electron chi connectivity index (χ4n) is 8.89. The number of rotatable bonds is 10. The molecule has 1 atom stereocenters. The van der Waals surface area contributed by atoms with Crippen molar-refractivity contribution < 1.29 is 23.2 Å². The van der Waals surface area contributed by atoms with Gasteiger partial charge in [0.05, 0.1) is 11.9 Å². The van der Waals surface area contributed by atoms with Crippen molar-refractivity contribution in [1.29, 1.82) is 0 Å². The second-order valence-electron chi connectivity index (χ2n) is 15.9. The Balaban J connectivity index is 0.760. The molecule has 58 heavy (non-hydrogen) atoms. The van der Waals surface area contributed by atoms with E-state index in [9.17, 15) is 23.6 Å². The van der Waals surface area contributed by atoms with Crippen molar-refractivity contribution >= 4 is 35.0 Å². The van der Waals surface area contributed by atoms with Gasteiger partial charge >= 0.3 is 0 Å². The number of hydrogen-bond donors (Lipinski definition) is 5. The summed E-state index contributed by atoms with van der Waals surface area (Å²) >= 11 is 0. The highest BCUT2D eigenvalue weighted by molar-refractivity contribution is 6.01. The van der Waals surface area contributed by atoms with Crippen molar-refractivity contribution in [2.24, 2.45) is 5.92 Å². The molecule has 3 saturated heterocycles. The number of hydrogen-bond acceptors (Lipinski definition) is 10. The van der Waals surface area contributed by atoms with Crippen LogP contribution in [0.4, 0.5) is 26.1 Å². The highest BCUT2D eigenvalue weighted by Gasteiger charge is 2.33. The number of nitrogens with zero attached hydrogens (tertiary/aromatic N) is 4. The first-order chi connectivity index (χ1) is 28.2. The first-order valence-electron chi connectivity index (χ1n) is 20.4. The molecule has 2 aromatic carbocycles. The van der Waals surface area contributed by atoms with Gasteiger partial charge in [0.25, 0.3) is 5.56 Å². The molecule has 0 bridgehead atoms. The fourth-order valence-corrected chi connectivity index (χ4v) is 8.89. The topological polar surface area (TPSA) is 164 Å². The maximum absolute atomic E-state index is 15.2. The molecule has 15 heteroatoms. The van der Waals surface area contributed by atoms with Gasteiger partial charge in [0.1, 0.15) is 17.6 Å². The molecule has 3 amide bonds. The summed E-state index contributed by atoms with van der Waals surface area (Å²) < 4.78 is 30.2. The Morgan fingerprint density at radius 3 is 2.28 bits per heavy atom. The van der Waals surface area contributed by atoms with E-state index in [-0.39, 0.29) is 59.2 Å². The quantitative estimate of drug-likeness (QED) is 0.135. The number of aromatic amines is 1. The van der Waals surface area contributed by atoms with Gasteiger partial charge in [0.15, 0.2) is 5.82 Å². The molecule has 8 rings (SSSR count). The molecule has 13 nitrogen and oxygen atoms in total. The van der Waals surface area contributed by atoms with Gasteiger partial charge in [-0.2, -0.15) is 0 Å². The maximum atomic E-state index is 15.2. The minimum atomic E-state index is -0.563. The van der Waals surface area contributed by atoms with E-state index in [0.29, 0.717) is 46.5 Å². The lowest BCUT2D eigenvalue weighted by atomic mass is 9.89. The van der Waals surface area contributed by atoms with Crippen LogP contribution in [0.1, 0.15) is 64.2 Å². The first kappa shape index (κ1) is 39.1. The van der Waals surface area contributed by atoms with Gasteiger partial charge in [-0.1, -0.05) is 18.2 Å². The van der Waals surface area contributed by atoms with Gasteiger partial charge in [-0.15, -0.1) is 0 Å². The molecule has 304 valence electrons. The molecule has 1 saturated carbocycles. The lowest BCUT2D eigenvalue weighted by Crippen LogP contribution is -2.50. The van der Waals surface area contributed by atoms with E-state index in [4.69, 9.17) is 0 Å². The molecular weight excluding hydrogens is 745 g/mol. The first-order valence-corrected chi connectivity index (χ1v) is 20.4. The van der Waals surface area contributed by atoms with E-state index in [2.05, 4.69) is 46.0 Å².